The van der Waals surface area contributed by atoms with Crippen LogP contribution in [0.4, 0.5) is 0 Å². The first-order valence-electron chi connectivity index (χ1n) is 6.28. The van der Waals surface area contributed by atoms with E-state index < -0.39 is 0 Å². The molecule has 4 heteroatoms. The van der Waals surface area contributed by atoms with Crippen LogP contribution in [0.15, 0.2) is 18.2 Å². The summed E-state index contributed by atoms with van der Waals surface area (Å²) >= 11 is 5.96. The Morgan fingerprint density at radius 3 is 2.44 bits per heavy atom. The van der Waals surface area contributed by atoms with E-state index in [4.69, 9.17) is 11.6 Å². The predicted molar refractivity (Wildman–Crippen MR) is 72.8 cm³/mol. The van der Waals surface area contributed by atoms with Crippen LogP contribution in [0.1, 0.15) is 35.8 Å². The fraction of sp³-hybridized carbons (Fsp3) is 0.429. The third-order valence-electron chi connectivity index (χ3n) is 3.50. The van der Waals surface area contributed by atoms with Crippen molar-refractivity contribution in [2.75, 3.05) is 0 Å². The van der Waals surface area contributed by atoms with Crippen LogP contribution < -0.4 is 0 Å². The number of halogens is 1. The maximum Gasteiger partial charge on any atom is 0.164 e. The molecule has 0 aliphatic heterocycles. The minimum absolute atomic E-state index is 0.425. The standard InChI is InChI=1S/C14H16ClN3/c1-9-4-3-5-10(2)13(9)14-17-16-12(8-15)18(14)11-6-7-11/h3-5,11H,6-8H2,1-2H3. The van der Waals surface area contributed by atoms with Gasteiger partial charge in [0.25, 0.3) is 0 Å². The summed E-state index contributed by atoms with van der Waals surface area (Å²) in [5.74, 6) is 2.29. The molecule has 0 amide bonds. The molecule has 1 aliphatic rings. The van der Waals surface area contributed by atoms with Gasteiger partial charge >= 0.3 is 0 Å². The molecule has 94 valence electrons. The average molecular weight is 262 g/mol. The molecule has 1 aliphatic carbocycles. The first-order valence-corrected chi connectivity index (χ1v) is 6.82. The van der Waals surface area contributed by atoms with Crippen molar-refractivity contribution in [3.63, 3.8) is 0 Å². The van der Waals surface area contributed by atoms with Crippen LogP contribution >= 0.6 is 11.6 Å². The summed E-state index contributed by atoms with van der Waals surface area (Å²) in [5, 5.41) is 8.60. The molecule has 0 saturated heterocycles. The number of hydrogen-bond donors (Lipinski definition) is 0. The van der Waals surface area contributed by atoms with Crippen molar-refractivity contribution in [3.05, 3.63) is 35.2 Å². The fourth-order valence-electron chi connectivity index (χ4n) is 2.47. The molecule has 0 bridgehead atoms. The van der Waals surface area contributed by atoms with Crippen molar-refractivity contribution < 1.29 is 0 Å². The summed E-state index contributed by atoms with van der Waals surface area (Å²) in [6.07, 6.45) is 2.42. The van der Waals surface area contributed by atoms with E-state index in [9.17, 15) is 0 Å². The number of aryl methyl sites for hydroxylation is 2. The van der Waals surface area contributed by atoms with E-state index in [1.54, 1.807) is 0 Å². The van der Waals surface area contributed by atoms with Crippen LogP contribution in [0.25, 0.3) is 11.4 Å². The molecule has 1 saturated carbocycles. The van der Waals surface area contributed by atoms with Crippen molar-refractivity contribution in [1.29, 1.82) is 0 Å². The van der Waals surface area contributed by atoms with Gasteiger partial charge in [0.05, 0.1) is 5.88 Å². The summed E-state index contributed by atoms with van der Waals surface area (Å²) in [6.45, 7) is 4.24. The summed E-state index contributed by atoms with van der Waals surface area (Å²) < 4.78 is 2.22. The molecule has 0 unspecified atom stereocenters. The molecule has 1 heterocycles. The molecule has 0 spiro atoms. The number of nitrogens with zero attached hydrogens (tertiary/aromatic N) is 3. The van der Waals surface area contributed by atoms with Crippen LogP contribution in [0.5, 0.6) is 0 Å². The first kappa shape index (κ1) is 11.7. The number of aromatic nitrogens is 3. The molecule has 1 aromatic carbocycles. The lowest BCUT2D eigenvalue weighted by molar-refractivity contribution is 0.711. The Hall–Kier alpha value is -1.35. The SMILES string of the molecule is Cc1cccc(C)c1-c1nnc(CCl)n1C1CC1. The second kappa shape index (κ2) is 4.39. The van der Waals surface area contributed by atoms with Crippen molar-refractivity contribution in [3.8, 4) is 11.4 Å². The Morgan fingerprint density at radius 1 is 1.22 bits per heavy atom. The Kier molecular flexibility index (Phi) is 2.86. The highest BCUT2D eigenvalue weighted by molar-refractivity contribution is 6.16. The molecular formula is C14H16ClN3. The lowest BCUT2D eigenvalue weighted by Crippen LogP contribution is -2.03. The van der Waals surface area contributed by atoms with E-state index in [-0.39, 0.29) is 0 Å². The minimum atomic E-state index is 0.425. The predicted octanol–water partition coefficient (Wildman–Crippen LogP) is 3.64. The summed E-state index contributed by atoms with van der Waals surface area (Å²) in [6, 6.07) is 6.86. The number of hydrogen-bond acceptors (Lipinski definition) is 2. The quantitative estimate of drug-likeness (QED) is 0.790. The fourth-order valence-corrected chi connectivity index (χ4v) is 2.65. The normalized spacial score (nSPS) is 15.1. The van der Waals surface area contributed by atoms with E-state index in [0.29, 0.717) is 11.9 Å². The molecule has 18 heavy (non-hydrogen) atoms. The van der Waals surface area contributed by atoms with Gasteiger partial charge in [0.1, 0.15) is 5.82 Å². The van der Waals surface area contributed by atoms with Crippen molar-refractivity contribution >= 4 is 11.6 Å². The van der Waals surface area contributed by atoms with E-state index >= 15 is 0 Å². The highest BCUT2D eigenvalue weighted by Gasteiger charge is 2.30. The molecule has 0 radical (unpaired) electrons. The van der Waals surface area contributed by atoms with Gasteiger partial charge in [-0.2, -0.15) is 0 Å². The highest BCUT2D eigenvalue weighted by Crippen LogP contribution is 2.40. The molecule has 0 atom stereocenters. The zero-order valence-corrected chi connectivity index (χ0v) is 11.4. The van der Waals surface area contributed by atoms with Gasteiger partial charge in [0, 0.05) is 11.6 Å². The molecular weight excluding hydrogens is 246 g/mol. The smallest absolute Gasteiger partial charge is 0.164 e. The molecule has 3 nitrogen and oxygen atoms in total. The first-order chi connectivity index (χ1) is 8.72. The second-order valence-corrected chi connectivity index (χ2v) is 5.21. The second-order valence-electron chi connectivity index (χ2n) is 4.94. The summed E-state index contributed by atoms with van der Waals surface area (Å²) in [4.78, 5) is 0. The van der Waals surface area contributed by atoms with Crippen molar-refractivity contribution in [2.45, 2.75) is 38.6 Å². The van der Waals surface area contributed by atoms with Gasteiger partial charge in [-0.3, -0.25) is 0 Å². The Morgan fingerprint density at radius 2 is 1.89 bits per heavy atom. The zero-order chi connectivity index (χ0) is 12.7. The molecule has 0 N–H and O–H groups in total. The number of alkyl halides is 1. The number of rotatable bonds is 3. The van der Waals surface area contributed by atoms with Crippen LogP contribution in [0.3, 0.4) is 0 Å². The van der Waals surface area contributed by atoms with Gasteiger partial charge in [0.2, 0.25) is 0 Å². The lowest BCUT2D eigenvalue weighted by atomic mass is 10.0. The van der Waals surface area contributed by atoms with Gasteiger partial charge in [-0.25, -0.2) is 0 Å². The van der Waals surface area contributed by atoms with E-state index in [1.165, 1.54) is 29.5 Å². The van der Waals surface area contributed by atoms with Crippen molar-refractivity contribution in [2.24, 2.45) is 0 Å². The highest BCUT2D eigenvalue weighted by atomic mass is 35.5. The Balaban J connectivity index is 2.20. The van der Waals surface area contributed by atoms with Gasteiger partial charge in [-0.1, -0.05) is 18.2 Å². The van der Waals surface area contributed by atoms with Gasteiger partial charge in [-0.15, -0.1) is 21.8 Å². The van der Waals surface area contributed by atoms with Gasteiger partial charge in [0.15, 0.2) is 5.82 Å². The lowest BCUT2D eigenvalue weighted by Gasteiger charge is -2.12. The van der Waals surface area contributed by atoms with Crippen LogP contribution in [0, 0.1) is 13.8 Å². The van der Waals surface area contributed by atoms with Crippen LogP contribution in [0.2, 0.25) is 0 Å². The van der Waals surface area contributed by atoms with E-state index in [1.807, 2.05) is 0 Å². The average Bonchev–Trinajstić information content (AvgIpc) is 3.10. The van der Waals surface area contributed by atoms with Gasteiger partial charge in [-0.05, 0) is 37.8 Å². The zero-order valence-electron chi connectivity index (χ0n) is 10.7. The van der Waals surface area contributed by atoms with Crippen LogP contribution in [-0.4, -0.2) is 14.8 Å². The molecule has 1 fully saturated rings. The molecule has 1 aromatic heterocycles. The maximum absolute atomic E-state index is 5.96. The Bertz CT molecular complexity index is 564. The minimum Gasteiger partial charge on any atom is -0.307 e. The Labute approximate surface area is 112 Å². The third kappa shape index (κ3) is 1.83. The molecule has 3 rings (SSSR count). The molecule has 2 aromatic rings. The largest absolute Gasteiger partial charge is 0.307 e. The van der Waals surface area contributed by atoms with Crippen LogP contribution in [-0.2, 0) is 5.88 Å². The van der Waals surface area contributed by atoms with Crippen molar-refractivity contribution in [1.82, 2.24) is 14.8 Å². The summed E-state index contributed by atoms with van der Waals surface area (Å²) in [7, 11) is 0. The van der Waals surface area contributed by atoms with E-state index in [0.717, 1.165) is 11.6 Å². The summed E-state index contributed by atoms with van der Waals surface area (Å²) in [5.41, 5.74) is 3.68. The number of benzene rings is 1. The monoisotopic (exact) mass is 261 g/mol. The maximum atomic E-state index is 5.96. The van der Waals surface area contributed by atoms with Gasteiger partial charge < -0.3 is 4.57 Å². The van der Waals surface area contributed by atoms with E-state index in [2.05, 4.69) is 46.8 Å². The topological polar surface area (TPSA) is 30.7 Å². The third-order valence-corrected chi connectivity index (χ3v) is 3.74.